The summed E-state index contributed by atoms with van der Waals surface area (Å²) in [4.78, 5) is 21.5. The molecule has 1 aromatic heterocycles. The van der Waals surface area contributed by atoms with Gasteiger partial charge in [-0.2, -0.15) is 0 Å². The quantitative estimate of drug-likeness (QED) is 0.0984. The number of hydrogen-bond acceptors (Lipinski definition) is 4. The van der Waals surface area contributed by atoms with Crippen LogP contribution >= 0.6 is 0 Å². The Kier molecular flexibility index (Phi) is 10.9. The SMILES string of the molecule is CC(C)(C)c1cc2c3c(ncnc3c1)-c1[c-]c3ccccc3cc1C21c2ccccc2-c2ccccc21.CCC(CC)C(=O)/C=C(\O)C(CC)CC.[Ir]. The minimum absolute atomic E-state index is 0. The van der Waals surface area contributed by atoms with E-state index in [4.69, 9.17) is 9.97 Å². The van der Waals surface area contributed by atoms with Gasteiger partial charge in [-0.1, -0.05) is 138 Å². The molecule has 4 nitrogen and oxygen atoms in total. The predicted octanol–water partition coefficient (Wildman–Crippen LogP) is 12.1. The average Bonchev–Trinajstić information content (AvgIpc) is 3.44. The van der Waals surface area contributed by atoms with Gasteiger partial charge >= 0.3 is 0 Å². The van der Waals surface area contributed by atoms with Crippen molar-refractivity contribution in [2.45, 2.75) is 85.0 Å². The third-order valence-electron chi connectivity index (χ3n) is 11.5. The summed E-state index contributed by atoms with van der Waals surface area (Å²) in [7, 11) is 0. The number of aromatic nitrogens is 2. The maximum Gasteiger partial charge on any atom is 0.162 e. The van der Waals surface area contributed by atoms with Crippen LogP contribution in [0.15, 0.2) is 109 Å². The molecule has 5 aromatic carbocycles. The van der Waals surface area contributed by atoms with Crippen LogP contribution in [-0.2, 0) is 35.7 Å². The van der Waals surface area contributed by atoms with Crippen molar-refractivity contribution in [1.82, 2.24) is 9.97 Å². The molecule has 273 valence electrons. The molecular formula is C48H49IrN2O2-. The second kappa shape index (κ2) is 15.1. The van der Waals surface area contributed by atoms with Gasteiger partial charge in [0.1, 0.15) is 6.33 Å². The van der Waals surface area contributed by atoms with E-state index in [1.54, 1.807) is 6.33 Å². The smallest absolute Gasteiger partial charge is 0.162 e. The van der Waals surface area contributed by atoms with Gasteiger partial charge in [0.2, 0.25) is 0 Å². The molecule has 0 atom stereocenters. The van der Waals surface area contributed by atoms with Crippen LogP contribution in [0.3, 0.4) is 0 Å². The fourth-order valence-corrected chi connectivity index (χ4v) is 8.50. The molecule has 0 amide bonds. The number of aliphatic hydroxyl groups is 1. The van der Waals surface area contributed by atoms with Crippen molar-refractivity contribution >= 4 is 27.5 Å². The van der Waals surface area contributed by atoms with Crippen LogP contribution < -0.4 is 0 Å². The number of carbonyl (C=O) groups excluding carboxylic acids is 1. The summed E-state index contributed by atoms with van der Waals surface area (Å²) in [6.07, 6.45) is 6.62. The number of carbonyl (C=O) groups is 1. The number of fused-ring (bicyclic) bond motifs is 10. The van der Waals surface area contributed by atoms with E-state index in [1.807, 2.05) is 27.7 Å². The zero-order valence-electron chi connectivity index (χ0n) is 31.9. The minimum atomic E-state index is -0.472. The summed E-state index contributed by atoms with van der Waals surface area (Å²) >= 11 is 0. The summed E-state index contributed by atoms with van der Waals surface area (Å²) in [5, 5.41) is 13.2. The Morgan fingerprint density at radius 2 is 1.34 bits per heavy atom. The van der Waals surface area contributed by atoms with Crippen LogP contribution in [0.1, 0.15) is 102 Å². The van der Waals surface area contributed by atoms with E-state index in [1.165, 1.54) is 50.4 Å². The third kappa shape index (κ3) is 6.36. The van der Waals surface area contributed by atoms with Gasteiger partial charge in [0, 0.05) is 49.1 Å². The number of hydrogen-bond donors (Lipinski definition) is 1. The molecule has 1 heterocycles. The fraction of sp³-hybridized carbons (Fsp3) is 0.312. The van der Waals surface area contributed by atoms with Crippen molar-refractivity contribution in [1.29, 1.82) is 0 Å². The van der Waals surface area contributed by atoms with Crippen LogP contribution in [0.2, 0.25) is 0 Å². The Morgan fingerprint density at radius 3 is 1.94 bits per heavy atom. The van der Waals surface area contributed by atoms with E-state index < -0.39 is 5.41 Å². The molecule has 0 saturated carbocycles. The number of nitrogens with zero attached hydrogens (tertiary/aromatic N) is 2. The molecule has 53 heavy (non-hydrogen) atoms. The minimum Gasteiger partial charge on any atom is -0.512 e. The number of benzene rings is 5. The van der Waals surface area contributed by atoms with Crippen molar-refractivity contribution in [3.05, 3.63) is 143 Å². The zero-order chi connectivity index (χ0) is 36.8. The standard InChI is InChI=1S/C35H25N2.C13H24O2.Ir/c1-34(2,3)23-18-30-32-31(19-23)36-20-37-33(32)26-16-21-10-4-5-11-22(21)17-29(26)35(30)27-14-8-6-12-24(27)25-13-7-9-15-28(25)35;1-5-10(6-2)12(14)9-13(15)11(7-3)8-4;/h4-15,17-20H,1-3H3;9-11,14H,5-8H2,1-4H3;/q-1;;/b;12-9-;. The molecule has 1 radical (unpaired) electrons. The number of aliphatic hydroxyl groups excluding tert-OH is 1. The van der Waals surface area contributed by atoms with Crippen LogP contribution in [-0.4, -0.2) is 20.9 Å². The fourth-order valence-electron chi connectivity index (χ4n) is 8.50. The summed E-state index contributed by atoms with van der Waals surface area (Å²) < 4.78 is 0. The topological polar surface area (TPSA) is 63.1 Å². The van der Waals surface area contributed by atoms with E-state index in [0.29, 0.717) is 0 Å². The molecule has 0 unspecified atom stereocenters. The van der Waals surface area contributed by atoms with E-state index in [0.717, 1.165) is 53.2 Å². The maximum absolute atomic E-state index is 11.7. The molecule has 0 bridgehead atoms. The molecule has 2 aliphatic carbocycles. The first-order chi connectivity index (χ1) is 25.1. The molecular weight excluding hydrogens is 829 g/mol. The van der Waals surface area contributed by atoms with E-state index >= 15 is 0 Å². The van der Waals surface area contributed by atoms with E-state index in [9.17, 15) is 9.90 Å². The molecule has 1 spiro atoms. The molecule has 8 rings (SSSR count). The van der Waals surface area contributed by atoms with Gasteiger partial charge in [-0.3, -0.25) is 9.78 Å². The molecule has 0 fully saturated rings. The first-order valence-electron chi connectivity index (χ1n) is 19.0. The zero-order valence-corrected chi connectivity index (χ0v) is 34.3. The molecule has 0 saturated heterocycles. The molecule has 1 N–H and O–H groups in total. The molecule has 0 aliphatic heterocycles. The van der Waals surface area contributed by atoms with Crippen LogP contribution in [0.4, 0.5) is 0 Å². The van der Waals surface area contributed by atoms with Gasteiger partial charge in [0.05, 0.1) is 11.3 Å². The summed E-state index contributed by atoms with van der Waals surface area (Å²) in [6.45, 7) is 14.9. The average molecular weight is 878 g/mol. The third-order valence-corrected chi connectivity index (χ3v) is 11.5. The Morgan fingerprint density at radius 1 is 0.755 bits per heavy atom. The van der Waals surface area contributed by atoms with Crippen LogP contribution in [0, 0.1) is 17.9 Å². The number of ketones is 1. The van der Waals surface area contributed by atoms with Gasteiger partial charge in [0.15, 0.2) is 5.78 Å². The Hall–Kier alpha value is -4.44. The van der Waals surface area contributed by atoms with Crippen molar-refractivity contribution in [3.63, 3.8) is 0 Å². The van der Waals surface area contributed by atoms with Gasteiger partial charge < -0.3 is 5.11 Å². The molecule has 2 aliphatic rings. The first kappa shape index (κ1) is 38.3. The Bertz CT molecular complexity index is 2300. The summed E-state index contributed by atoms with van der Waals surface area (Å²) in [5.74, 6) is 0.547. The molecule has 5 heteroatoms. The Balaban J connectivity index is 0.000000258. The Labute approximate surface area is 328 Å². The van der Waals surface area contributed by atoms with Crippen LogP contribution in [0.25, 0.3) is 44.1 Å². The van der Waals surface area contributed by atoms with Crippen molar-refractivity contribution in [2.24, 2.45) is 11.8 Å². The maximum atomic E-state index is 11.7. The second-order valence-electron chi connectivity index (χ2n) is 15.4. The number of allylic oxidation sites excluding steroid dienone is 2. The second-order valence-corrected chi connectivity index (χ2v) is 15.4. The monoisotopic (exact) mass is 878 g/mol. The van der Waals surface area contributed by atoms with Gasteiger partial charge in [-0.25, -0.2) is 4.98 Å². The van der Waals surface area contributed by atoms with Crippen molar-refractivity contribution in [3.8, 4) is 22.4 Å². The van der Waals surface area contributed by atoms with Gasteiger partial charge in [-0.05, 0) is 75.9 Å². The summed E-state index contributed by atoms with van der Waals surface area (Å²) in [5.41, 5.74) is 11.6. The number of rotatable bonds is 7. The van der Waals surface area contributed by atoms with E-state index in [-0.39, 0.29) is 48.9 Å². The van der Waals surface area contributed by atoms with Gasteiger partial charge in [0.25, 0.3) is 0 Å². The normalized spacial score (nSPS) is 13.7. The van der Waals surface area contributed by atoms with Crippen molar-refractivity contribution in [2.75, 3.05) is 0 Å². The molecule has 6 aromatic rings. The van der Waals surface area contributed by atoms with Crippen molar-refractivity contribution < 1.29 is 30.0 Å². The largest absolute Gasteiger partial charge is 0.512 e. The predicted molar refractivity (Wildman–Crippen MR) is 215 cm³/mol. The first-order valence-corrected chi connectivity index (χ1v) is 19.0. The summed E-state index contributed by atoms with van der Waals surface area (Å²) in [6, 6.07) is 37.3. The van der Waals surface area contributed by atoms with E-state index in [2.05, 4.69) is 118 Å². The van der Waals surface area contributed by atoms with Gasteiger partial charge in [-0.15, -0.1) is 23.6 Å². The van der Waals surface area contributed by atoms with Crippen LogP contribution in [0.5, 0.6) is 0 Å².